The van der Waals surface area contributed by atoms with Gasteiger partial charge in [-0.1, -0.05) is 6.07 Å². The number of carbonyl (C=O) groups excluding carboxylic acids is 3. The summed E-state index contributed by atoms with van der Waals surface area (Å²) in [7, 11) is 1.92. The molecule has 1 saturated heterocycles. The SMILES string of the molecule is CC(=O)O[C@@H](C)C(=O)C[C@@H](CC(=O)O)C(=O)OC1=CC[C@@]2(O)[C@@H](C)N(C)CC[C@@]23c2c(C)ccc(O)c2O[C@@H]13. The predicted octanol–water partition coefficient (Wildman–Crippen LogP) is 1.99. The third-order valence-corrected chi connectivity index (χ3v) is 8.55. The van der Waals surface area contributed by atoms with Crippen LogP contribution < -0.4 is 4.74 Å². The highest BCUT2D eigenvalue weighted by molar-refractivity contribution is 5.90. The van der Waals surface area contributed by atoms with Gasteiger partial charge in [0.15, 0.2) is 29.5 Å². The van der Waals surface area contributed by atoms with Crippen LogP contribution in [0.5, 0.6) is 11.5 Å². The number of nitrogens with zero attached hydrogens (tertiary/aromatic N) is 1. The van der Waals surface area contributed by atoms with E-state index in [2.05, 4.69) is 0 Å². The zero-order valence-electron chi connectivity index (χ0n) is 22.7. The van der Waals surface area contributed by atoms with Gasteiger partial charge in [-0.3, -0.25) is 19.2 Å². The van der Waals surface area contributed by atoms with Crippen LogP contribution in [0.3, 0.4) is 0 Å². The molecule has 0 unspecified atom stereocenters. The highest BCUT2D eigenvalue weighted by Gasteiger charge is 2.69. The van der Waals surface area contributed by atoms with Crippen molar-refractivity contribution in [2.24, 2.45) is 5.92 Å². The number of phenolic OH excluding ortho intramolecular Hbond substituents is 1. The standard InChI is InChI=1S/C28H35NO10/c1-14-6-7-19(31)24-23(14)27-10-11-29(5)16(3)28(27,36)9-8-21(25(27)39-24)38-26(35)18(13-22(33)34)12-20(32)15(2)37-17(4)30/h6-8,15-16,18,25,31,36H,9-13H2,1-5H3,(H,33,34)/t15-,16+,18-,25-,27-,28+/m0/s1. The number of aryl methyl sites for hydroxylation is 1. The highest BCUT2D eigenvalue weighted by atomic mass is 16.6. The van der Waals surface area contributed by atoms with E-state index in [4.69, 9.17) is 14.2 Å². The van der Waals surface area contributed by atoms with E-state index in [1.807, 2.05) is 25.8 Å². The summed E-state index contributed by atoms with van der Waals surface area (Å²) >= 11 is 0. The van der Waals surface area contributed by atoms with E-state index in [9.17, 15) is 34.5 Å². The van der Waals surface area contributed by atoms with E-state index in [1.165, 1.54) is 13.0 Å². The number of aliphatic hydroxyl groups is 1. The summed E-state index contributed by atoms with van der Waals surface area (Å²) in [4.78, 5) is 50.7. The van der Waals surface area contributed by atoms with E-state index in [0.717, 1.165) is 12.5 Å². The number of carbonyl (C=O) groups is 4. The topological polar surface area (TPSA) is 160 Å². The number of ether oxygens (including phenoxy) is 3. The lowest BCUT2D eigenvalue weighted by Crippen LogP contribution is -2.71. The van der Waals surface area contributed by atoms with Gasteiger partial charge in [0, 0.05) is 31.4 Å². The van der Waals surface area contributed by atoms with Crippen LogP contribution in [-0.4, -0.2) is 81.4 Å². The Kier molecular flexibility index (Phi) is 7.52. The van der Waals surface area contributed by atoms with E-state index in [1.54, 1.807) is 12.1 Å². The number of esters is 2. The maximum absolute atomic E-state index is 13.3. The summed E-state index contributed by atoms with van der Waals surface area (Å²) in [5.41, 5.74) is -0.921. The van der Waals surface area contributed by atoms with Crippen molar-refractivity contribution in [3.8, 4) is 11.5 Å². The summed E-state index contributed by atoms with van der Waals surface area (Å²) < 4.78 is 16.9. The average Bonchev–Trinajstić information content (AvgIpc) is 3.22. The molecule has 3 N–H and O–H groups in total. The van der Waals surface area contributed by atoms with Gasteiger partial charge in [-0.15, -0.1) is 0 Å². The van der Waals surface area contributed by atoms with Crippen LogP contribution >= 0.6 is 0 Å². The summed E-state index contributed by atoms with van der Waals surface area (Å²) in [5.74, 6) is -4.70. The van der Waals surface area contributed by atoms with Gasteiger partial charge in [0.2, 0.25) is 0 Å². The average molecular weight is 546 g/mol. The number of piperidine rings is 1. The van der Waals surface area contributed by atoms with Gasteiger partial charge in [-0.05, 0) is 58.5 Å². The molecule has 1 aliphatic carbocycles. The molecule has 11 nitrogen and oxygen atoms in total. The summed E-state index contributed by atoms with van der Waals surface area (Å²) in [5, 5.41) is 32.3. The minimum atomic E-state index is -1.35. The van der Waals surface area contributed by atoms with Crippen molar-refractivity contribution in [3.63, 3.8) is 0 Å². The maximum Gasteiger partial charge on any atom is 0.315 e. The van der Waals surface area contributed by atoms with Gasteiger partial charge in [0.05, 0.1) is 23.4 Å². The second kappa shape index (κ2) is 10.3. The molecule has 0 saturated carbocycles. The number of benzene rings is 1. The number of fused-ring (bicyclic) bond motifs is 1. The zero-order valence-corrected chi connectivity index (χ0v) is 22.7. The predicted molar refractivity (Wildman–Crippen MR) is 136 cm³/mol. The maximum atomic E-state index is 13.3. The van der Waals surface area contributed by atoms with E-state index in [0.29, 0.717) is 18.5 Å². The molecule has 6 atom stereocenters. The van der Waals surface area contributed by atoms with Crippen LogP contribution in [0.4, 0.5) is 0 Å². The number of aromatic hydroxyl groups is 1. The molecular weight excluding hydrogens is 510 g/mol. The lowest BCUT2D eigenvalue weighted by atomic mass is 9.54. The molecule has 0 aromatic heterocycles. The zero-order chi connectivity index (χ0) is 28.9. The minimum absolute atomic E-state index is 0.0901. The van der Waals surface area contributed by atoms with Crippen molar-refractivity contribution >= 4 is 23.7 Å². The number of hydrogen-bond acceptors (Lipinski definition) is 10. The van der Waals surface area contributed by atoms with Crippen molar-refractivity contribution in [1.29, 1.82) is 0 Å². The third kappa shape index (κ3) is 4.67. The van der Waals surface area contributed by atoms with Crippen molar-refractivity contribution in [1.82, 2.24) is 4.90 Å². The number of aliphatic carboxylic acids is 1. The first-order chi connectivity index (χ1) is 18.2. The number of rotatable bonds is 8. The molecule has 1 fully saturated rings. The molecule has 4 rings (SSSR count). The molecule has 1 spiro atoms. The Bertz CT molecular complexity index is 1240. The molecule has 0 bridgehead atoms. The summed E-state index contributed by atoms with van der Waals surface area (Å²) in [6, 6.07) is 2.95. The smallest absolute Gasteiger partial charge is 0.315 e. The highest BCUT2D eigenvalue weighted by Crippen LogP contribution is 2.62. The summed E-state index contributed by atoms with van der Waals surface area (Å²) in [6.07, 6.45) is -1.18. The van der Waals surface area contributed by atoms with Crippen molar-refractivity contribution in [2.45, 2.75) is 82.6 Å². The van der Waals surface area contributed by atoms with E-state index >= 15 is 0 Å². The number of ketones is 1. The van der Waals surface area contributed by atoms with Gasteiger partial charge in [0.25, 0.3) is 0 Å². The lowest BCUT2D eigenvalue weighted by Gasteiger charge is -2.58. The molecule has 39 heavy (non-hydrogen) atoms. The Morgan fingerprint density at radius 1 is 1.23 bits per heavy atom. The first-order valence-corrected chi connectivity index (χ1v) is 13.0. The Hall–Kier alpha value is -3.44. The van der Waals surface area contributed by atoms with Gasteiger partial charge in [-0.2, -0.15) is 0 Å². The quantitative estimate of drug-likeness (QED) is 0.410. The Morgan fingerprint density at radius 2 is 1.92 bits per heavy atom. The molecule has 11 heteroatoms. The minimum Gasteiger partial charge on any atom is -0.504 e. The lowest BCUT2D eigenvalue weighted by molar-refractivity contribution is -0.165. The van der Waals surface area contributed by atoms with Gasteiger partial charge in [0.1, 0.15) is 5.76 Å². The Morgan fingerprint density at radius 3 is 2.56 bits per heavy atom. The Labute approximate surface area is 226 Å². The fourth-order valence-electron chi connectivity index (χ4n) is 6.38. The molecule has 1 aromatic rings. The largest absolute Gasteiger partial charge is 0.504 e. The number of Topliss-reactive ketones (excluding diaryl/α,β-unsaturated/α-hetero) is 1. The van der Waals surface area contributed by atoms with Gasteiger partial charge in [-0.25, -0.2) is 0 Å². The normalized spacial score (nSPS) is 29.0. The van der Waals surface area contributed by atoms with Crippen LogP contribution in [0.1, 0.15) is 57.6 Å². The fraction of sp³-hybridized carbons (Fsp3) is 0.571. The second-order valence-electron chi connectivity index (χ2n) is 10.9. The molecular formula is C28H35NO10. The van der Waals surface area contributed by atoms with Gasteiger partial charge < -0.3 is 34.4 Å². The molecule has 2 heterocycles. The second-order valence-corrected chi connectivity index (χ2v) is 10.9. The fourth-order valence-corrected chi connectivity index (χ4v) is 6.38. The van der Waals surface area contributed by atoms with Gasteiger partial charge >= 0.3 is 17.9 Å². The number of likely N-dealkylation sites (N-methyl/N-ethyl adjacent to an activating group) is 1. The number of carboxylic acid groups (broad SMARTS) is 1. The molecule has 3 aliphatic rings. The molecule has 1 aromatic carbocycles. The van der Waals surface area contributed by atoms with E-state index < -0.39 is 65.7 Å². The molecule has 0 amide bonds. The van der Waals surface area contributed by atoms with Crippen molar-refractivity contribution in [2.75, 3.05) is 13.6 Å². The number of likely N-dealkylation sites (tertiary alicyclic amines) is 1. The number of carboxylic acids is 1. The first-order valence-electron chi connectivity index (χ1n) is 13.0. The van der Waals surface area contributed by atoms with Crippen LogP contribution in [0.15, 0.2) is 24.0 Å². The molecule has 2 aliphatic heterocycles. The van der Waals surface area contributed by atoms with Crippen molar-refractivity contribution < 1.29 is 48.7 Å². The number of phenols is 1. The summed E-state index contributed by atoms with van der Waals surface area (Å²) in [6.45, 7) is 6.87. The van der Waals surface area contributed by atoms with Crippen LogP contribution in [0.2, 0.25) is 0 Å². The monoisotopic (exact) mass is 545 g/mol. The third-order valence-electron chi connectivity index (χ3n) is 8.55. The number of hydrogen-bond donors (Lipinski definition) is 3. The molecule has 0 radical (unpaired) electrons. The van der Waals surface area contributed by atoms with Crippen LogP contribution in [0.25, 0.3) is 0 Å². The van der Waals surface area contributed by atoms with Crippen LogP contribution in [-0.2, 0) is 34.1 Å². The Balaban J connectivity index is 1.69. The molecule has 212 valence electrons. The first kappa shape index (κ1) is 28.6. The van der Waals surface area contributed by atoms with E-state index in [-0.39, 0.29) is 29.7 Å². The van der Waals surface area contributed by atoms with Crippen LogP contribution in [0, 0.1) is 12.8 Å². The van der Waals surface area contributed by atoms with Crippen molar-refractivity contribution in [3.05, 3.63) is 35.1 Å².